The molecule has 0 aromatic heterocycles. The van der Waals surface area contributed by atoms with Crippen molar-refractivity contribution in [3.63, 3.8) is 0 Å². The molecule has 1 rings (SSSR count). The van der Waals surface area contributed by atoms with Crippen molar-refractivity contribution in [3.8, 4) is 5.75 Å². The number of carbonyl (C=O) groups is 1. The molecule has 0 amide bonds. The van der Waals surface area contributed by atoms with Crippen LogP contribution in [0.25, 0.3) is 0 Å². The molecular weight excluding hydrogens is 314 g/mol. The average molecular weight is 331 g/mol. The number of rotatable bonds is 10. The minimum atomic E-state index is -3.56. The summed E-state index contributed by atoms with van der Waals surface area (Å²) in [6.07, 6.45) is 1.76. The maximum Gasteiger partial charge on any atom is 0.341 e. The standard InChI is InChI=1S/C13H17NO5S2/c1-2-8-20-9-7-14-21(17,18)12-5-3-11(4-6-12)19-10-13(15)16/h2-6,14H,1,7-10H2,(H,15,16). The van der Waals surface area contributed by atoms with E-state index in [9.17, 15) is 13.2 Å². The van der Waals surface area contributed by atoms with E-state index in [-0.39, 0.29) is 4.90 Å². The molecule has 0 radical (unpaired) electrons. The van der Waals surface area contributed by atoms with Crippen molar-refractivity contribution in [1.82, 2.24) is 4.72 Å². The fraction of sp³-hybridized carbons (Fsp3) is 0.308. The van der Waals surface area contributed by atoms with Crippen LogP contribution in [0.5, 0.6) is 5.75 Å². The Morgan fingerprint density at radius 2 is 2.05 bits per heavy atom. The van der Waals surface area contributed by atoms with Crippen LogP contribution in [0.1, 0.15) is 0 Å². The molecule has 0 fully saturated rings. The Balaban J connectivity index is 2.54. The van der Waals surface area contributed by atoms with Crippen molar-refractivity contribution in [2.45, 2.75) is 4.90 Å². The summed E-state index contributed by atoms with van der Waals surface area (Å²) >= 11 is 1.58. The molecule has 0 aliphatic rings. The zero-order chi connectivity index (χ0) is 15.7. The lowest BCUT2D eigenvalue weighted by Crippen LogP contribution is -2.26. The number of sulfonamides is 1. The van der Waals surface area contributed by atoms with Crippen LogP contribution in [-0.2, 0) is 14.8 Å². The number of carboxylic acids is 1. The third kappa shape index (κ3) is 6.65. The van der Waals surface area contributed by atoms with Crippen LogP contribution in [0.4, 0.5) is 0 Å². The smallest absolute Gasteiger partial charge is 0.341 e. The van der Waals surface area contributed by atoms with Gasteiger partial charge in [0.2, 0.25) is 10.0 Å². The number of benzene rings is 1. The summed E-state index contributed by atoms with van der Waals surface area (Å²) in [6.45, 7) is 3.44. The summed E-state index contributed by atoms with van der Waals surface area (Å²) in [6, 6.07) is 5.58. The van der Waals surface area contributed by atoms with Crippen molar-refractivity contribution >= 4 is 27.8 Å². The maximum atomic E-state index is 12.0. The molecule has 0 bridgehead atoms. The Kier molecular flexibility index (Phi) is 7.27. The fourth-order valence-corrected chi connectivity index (χ4v) is 3.10. The molecule has 0 saturated heterocycles. The second-order valence-corrected chi connectivity index (χ2v) is 6.83. The summed E-state index contributed by atoms with van der Waals surface area (Å²) in [5.41, 5.74) is 0. The Bertz CT molecular complexity index is 569. The zero-order valence-corrected chi connectivity index (χ0v) is 13.0. The second kappa shape index (κ2) is 8.71. The molecule has 2 N–H and O–H groups in total. The topological polar surface area (TPSA) is 92.7 Å². The van der Waals surface area contributed by atoms with Gasteiger partial charge in [0.15, 0.2) is 6.61 Å². The third-order valence-corrected chi connectivity index (χ3v) is 4.71. The van der Waals surface area contributed by atoms with Crippen LogP contribution >= 0.6 is 11.8 Å². The zero-order valence-electron chi connectivity index (χ0n) is 11.3. The molecule has 1 aromatic carbocycles. The van der Waals surface area contributed by atoms with Gasteiger partial charge >= 0.3 is 5.97 Å². The first kappa shape index (κ1) is 17.5. The normalized spacial score (nSPS) is 11.0. The number of hydrogen-bond donors (Lipinski definition) is 2. The van der Waals surface area contributed by atoms with Gasteiger partial charge in [-0.1, -0.05) is 6.08 Å². The highest BCUT2D eigenvalue weighted by Gasteiger charge is 2.13. The number of ether oxygens (including phenoxy) is 1. The van der Waals surface area contributed by atoms with Crippen molar-refractivity contribution in [2.24, 2.45) is 0 Å². The van der Waals surface area contributed by atoms with E-state index in [4.69, 9.17) is 9.84 Å². The summed E-state index contributed by atoms with van der Waals surface area (Å²) < 4.78 is 31.4. The van der Waals surface area contributed by atoms with Crippen LogP contribution in [0.3, 0.4) is 0 Å². The van der Waals surface area contributed by atoms with Gasteiger partial charge in [0.25, 0.3) is 0 Å². The number of thioether (sulfide) groups is 1. The van der Waals surface area contributed by atoms with E-state index in [0.717, 1.165) is 5.75 Å². The molecule has 0 unspecified atom stereocenters. The monoisotopic (exact) mass is 331 g/mol. The molecule has 0 atom stereocenters. The van der Waals surface area contributed by atoms with Crippen LogP contribution in [0, 0.1) is 0 Å². The molecule has 21 heavy (non-hydrogen) atoms. The van der Waals surface area contributed by atoms with E-state index >= 15 is 0 Å². The molecule has 0 aliphatic heterocycles. The first-order valence-electron chi connectivity index (χ1n) is 6.08. The van der Waals surface area contributed by atoms with Gasteiger partial charge in [0, 0.05) is 18.1 Å². The van der Waals surface area contributed by atoms with E-state index in [1.807, 2.05) is 0 Å². The molecule has 0 spiro atoms. The number of nitrogens with one attached hydrogen (secondary N) is 1. The Morgan fingerprint density at radius 3 is 2.62 bits per heavy atom. The average Bonchev–Trinajstić information content (AvgIpc) is 2.45. The summed E-state index contributed by atoms with van der Waals surface area (Å²) in [5, 5.41) is 8.48. The van der Waals surface area contributed by atoms with Crippen molar-refractivity contribution < 1.29 is 23.1 Å². The highest BCUT2D eigenvalue weighted by molar-refractivity contribution is 7.99. The van der Waals surface area contributed by atoms with E-state index in [0.29, 0.717) is 18.0 Å². The summed E-state index contributed by atoms with van der Waals surface area (Å²) in [5.74, 6) is 0.644. The molecular formula is C13H17NO5S2. The van der Waals surface area contributed by atoms with Gasteiger partial charge in [-0.15, -0.1) is 6.58 Å². The van der Waals surface area contributed by atoms with E-state index in [2.05, 4.69) is 11.3 Å². The predicted molar refractivity (Wildman–Crippen MR) is 82.3 cm³/mol. The maximum absolute atomic E-state index is 12.0. The lowest BCUT2D eigenvalue weighted by Gasteiger charge is -2.07. The van der Waals surface area contributed by atoms with Gasteiger partial charge in [-0.25, -0.2) is 17.9 Å². The SMILES string of the molecule is C=CCSCCNS(=O)(=O)c1ccc(OCC(=O)O)cc1. The van der Waals surface area contributed by atoms with Gasteiger partial charge in [0.05, 0.1) is 4.90 Å². The number of carboxylic acid groups (broad SMARTS) is 1. The lowest BCUT2D eigenvalue weighted by molar-refractivity contribution is -0.139. The van der Waals surface area contributed by atoms with E-state index in [1.165, 1.54) is 24.3 Å². The number of hydrogen-bond acceptors (Lipinski definition) is 5. The largest absolute Gasteiger partial charge is 0.482 e. The van der Waals surface area contributed by atoms with E-state index < -0.39 is 22.6 Å². The van der Waals surface area contributed by atoms with Crippen LogP contribution in [0.15, 0.2) is 41.8 Å². The van der Waals surface area contributed by atoms with Crippen molar-refractivity contribution in [3.05, 3.63) is 36.9 Å². The van der Waals surface area contributed by atoms with Gasteiger partial charge < -0.3 is 9.84 Å². The number of aliphatic carboxylic acids is 1. The minimum Gasteiger partial charge on any atom is -0.482 e. The van der Waals surface area contributed by atoms with Crippen LogP contribution in [-0.4, -0.2) is 44.2 Å². The second-order valence-electron chi connectivity index (χ2n) is 3.92. The Morgan fingerprint density at radius 1 is 1.38 bits per heavy atom. The summed E-state index contributed by atoms with van der Waals surface area (Å²) in [4.78, 5) is 10.5. The molecule has 116 valence electrons. The van der Waals surface area contributed by atoms with Gasteiger partial charge in [0.1, 0.15) is 5.75 Å². The molecule has 6 nitrogen and oxygen atoms in total. The molecule has 0 heterocycles. The van der Waals surface area contributed by atoms with Gasteiger partial charge in [-0.3, -0.25) is 0 Å². The summed E-state index contributed by atoms with van der Waals surface area (Å²) in [7, 11) is -3.56. The minimum absolute atomic E-state index is 0.110. The van der Waals surface area contributed by atoms with Gasteiger partial charge in [-0.2, -0.15) is 11.8 Å². The van der Waals surface area contributed by atoms with Crippen molar-refractivity contribution in [2.75, 3.05) is 24.7 Å². The van der Waals surface area contributed by atoms with Gasteiger partial charge in [-0.05, 0) is 24.3 Å². The van der Waals surface area contributed by atoms with E-state index in [1.54, 1.807) is 17.8 Å². The Labute approximate surface area is 128 Å². The molecule has 8 heteroatoms. The predicted octanol–water partition coefficient (Wildman–Crippen LogP) is 1.35. The molecule has 0 saturated carbocycles. The quantitative estimate of drug-likeness (QED) is 0.496. The highest BCUT2D eigenvalue weighted by atomic mass is 32.2. The highest BCUT2D eigenvalue weighted by Crippen LogP contribution is 2.15. The van der Waals surface area contributed by atoms with Crippen LogP contribution < -0.4 is 9.46 Å². The van der Waals surface area contributed by atoms with Crippen molar-refractivity contribution in [1.29, 1.82) is 0 Å². The molecule has 0 aliphatic carbocycles. The molecule has 1 aromatic rings. The first-order chi connectivity index (χ1) is 9.95. The Hall–Kier alpha value is -1.51. The fourth-order valence-electron chi connectivity index (χ4n) is 1.36. The lowest BCUT2D eigenvalue weighted by atomic mass is 10.3. The first-order valence-corrected chi connectivity index (χ1v) is 8.72. The van der Waals surface area contributed by atoms with Crippen LogP contribution in [0.2, 0.25) is 0 Å². The third-order valence-electron chi connectivity index (χ3n) is 2.27.